The third-order valence-corrected chi connectivity index (χ3v) is 7.20. The first kappa shape index (κ1) is 23.9. The van der Waals surface area contributed by atoms with Crippen LogP contribution in [0.1, 0.15) is 19.4 Å². The molecule has 12 heteroatoms. The van der Waals surface area contributed by atoms with Crippen LogP contribution in [-0.4, -0.2) is 85.9 Å². The second-order valence-electron chi connectivity index (χ2n) is 7.88. The predicted molar refractivity (Wildman–Crippen MR) is 109 cm³/mol. The molecule has 174 valence electrons. The number of hydrogen-bond donors (Lipinski definition) is 1. The average molecular weight is 465 g/mol. The van der Waals surface area contributed by atoms with Gasteiger partial charge >= 0.3 is 6.18 Å². The Morgan fingerprint density at radius 2 is 1.58 bits per heavy atom. The second-order valence-corrected chi connectivity index (χ2v) is 9.81. The zero-order valence-electron chi connectivity index (χ0n) is 17.4. The van der Waals surface area contributed by atoms with Crippen LogP contribution in [0.4, 0.5) is 18.9 Å². The summed E-state index contributed by atoms with van der Waals surface area (Å²) in [4.78, 5) is 14.0. The Labute approximate surface area is 180 Å². The number of ether oxygens (including phenoxy) is 1. The molecule has 3 rings (SSSR count). The standard InChI is InChI=1S/C19H27F3N4O4S/c1-14-11-26(12-15(2)30-14)31(28,29)25-9-7-24(8-10-25)13-18(27)23-17-5-3-16(4-6-17)19(20,21)22/h3-6,14-15H,7-13H2,1-2H3,(H,23,27). The molecule has 0 bridgehead atoms. The molecule has 2 heterocycles. The summed E-state index contributed by atoms with van der Waals surface area (Å²) in [6.45, 7) is 5.61. The molecule has 2 aliphatic heterocycles. The van der Waals surface area contributed by atoms with Crippen molar-refractivity contribution >= 4 is 21.8 Å². The van der Waals surface area contributed by atoms with E-state index in [0.717, 1.165) is 12.1 Å². The molecule has 0 aromatic heterocycles. The minimum absolute atomic E-state index is 0.0283. The number of nitrogens with zero attached hydrogens (tertiary/aromatic N) is 3. The number of carbonyl (C=O) groups excluding carboxylic acids is 1. The number of halogens is 3. The fraction of sp³-hybridized carbons (Fsp3) is 0.632. The van der Waals surface area contributed by atoms with Gasteiger partial charge in [-0.15, -0.1) is 0 Å². The molecule has 1 amide bonds. The summed E-state index contributed by atoms with van der Waals surface area (Å²) in [5.74, 6) is -0.369. The molecule has 1 N–H and O–H groups in total. The smallest absolute Gasteiger partial charge is 0.373 e. The molecule has 2 unspecified atom stereocenters. The van der Waals surface area contributed by atoms with Crippen molar-refractivity contribution in [3.63, 3.8) is 0 Å². The van der Waals surface area contributed by atoms with E-state index in [1.807, 2.05) is 18.7 Å². The van der Waals surface area contributed by atoms with Gasteiger partial charge in [-0.1, -0.05) is 0 Å². The minimum Gasteiger partial charge on any atom is -0.373 e. The largest absolute Gasteiger partial charge is 0.416 e. The molecule has 2 aliphatic rings. The lowest BCUT2D eigenvalue weighted by molar-refractivity contribution is -0.137. The third-order valence-electron chi connectivity index (χ3n) is 5.23. The number of carbonyl (C=O) groups is 1. The SMILES string of the molecule is CC1CN(S(=O)(=O)N2CCN(CC(=O)Nc3ccc(C(F)(F)F)cc3)CC2)CC(C)O1. The maximum atomic E-state index is 12.9. The lowest BCUT2D eigenvalue weighted by Crippen LogP contribution is -2.57. The molecule has 0 aliphatic carbocycles. The number of rotatable bonds is 5. The van der Waals surface area contributed by atoms with Gasteiger partial charge in [-0.3, -0.25) is 9.69 Å². The molecule has 2 saturated heterocycles. The highest BCUT2D eigenvalue weighted by Crippen LogP contribution is 2.29. The lowest BCUT2D eigenvalue weighted by atomic mass is 10.2. The summed E-state index contributed by atoms with van der Waals surface area (Å²) in [6.07, 6.45) is -4.78. The van der Waals surface area contributed by atoms with Crippen LogP contribution in [0.15, 0.2) is 24.3 Å². The number of amides is 1. The second kappa shape index (κ2) is 9.41. The van der Waals surface area contributed by atoms with Crippen LogP contribution in [0.3, 0.4) is 0 Å². The summed E-state index contributed by atoms with van der Waals surface area (Å²) in [7, 11) is -3.60. The average Bonchev–Trinajstić information content (AvgIpc) is 2.67. The summed E-state index contributed by atoms with van der Waals surface area (Å²) in [5, 5.41) is 2.57. The van der Waals surface area contributed by atoms with Gasteiger partial charge in [0.15, 0.2) is 0 Å². The normalized spacial score (nSPS) is 24.8. The maximum absolute atomic E-state index is 12.9. The molecule has 2 atom stereocenters. The van der Waals surface area contributed by atoms with Crippen LogP contribution >= 0.6 is 0 Å². The first-order valence-electron chi connectivity index (χ1n) is 10.1. The Kier molecular flexibility index (Phi) is 7.26. The molecule has 8 nitrogen and oxygen atoms in total. The van der Waals surface area contributed by atoms with Crippen LogP contribution in [0.5, 0.6) is 0 Å². The highest BCUT2D eigenvalue weighted by molar-refractivity contribution is 7.86. The highest BCUT2D eigenvalue weighted by Gasteiger charge is 2.37. The van der Waals surface area contributed by atoms with Gasteiger partial charge in [0.1, 0.15) is 0 Å². The van der Waals surface area contributed by atoms with E-state index in [-0.39, 0.29) is 43.4 Å². The van der Waals surface area contributed by atoms with Gasteiger partial charge in [-0.2, -0.15) is 30.2 Å². The van der Waals surface area contributed by atoms with E-state index in [4.69, 9.17) is 4.74 Å². The van der Waals surface area contributed by atoms with Crippen LogP contribution < -0.4 is 5.32 Å². The molecule has 0 radical (unpaired) electrons. The monoisotopic (exact) mass is 464 g/mol. The van der Waals surface area contributed by atoms with Gasteiger partial charge in [0, 0.05) is 45.0 Å². The van der Waals surface area contributed by atoms with Crippen molar-refractivity contribution in [2.24, 2.45) is 0 Å². The number of anilines is 1. The van der Waals surface area contributed by atoms with Gasteiger partial charge < -0.3 is 10.1 Å². The molecule has 1 aromatic carbocycles. The number of morpholine rings is 1. The molecular weight excluding hydrogens is 437 g/mol. The van der Waals surface area contributed by atoms with E-state index < -0.39 is 21.9 Å². The van der Waals surface area contributed by atoms with Gasteiger partial charge in [-0.25, -0.2) is 0 Å². The van der Waals surface area contributed by atoms with Crippen molar-refractivity contribution < 1.29 is 31.1 Å². The quantitative estimate of drug-likeness (QED) is 0.716. The lowest BCUT2D eigenvalue weighted by Gasteiger charge is -2.40. The van der Waals surface area contributed by atoms with Crippen molar-refractivity contribution in [3.05, 3.63) is 29.8 Å². The van der Waals surface area contributed by atoms with E-state index in [9.17, 15) is 26.4 Å². The van der Waals surface area contributed by atoms with Crippen LogP contribution in [0.25, 0.3) is 0 Å². The van der Waals surface area contributed by atoms with Gasteiger partial charge in [0.2, 0.25) is 5.91 Å². The predicted octanol–water partition coefficient (Wildman–Crippen LogP) is 1.62. The van der Waals surface area contributed by atoms with E-state index in [2.05, 4.69) is 5.32 Å². The summed E-state index contributed by atoms with van der Waals surface area (Å²) < 4.78 is 72.1. The summed E-state index contributed by atoms with van der Waals surface area (Å²) in [5.41, 5.74) is -0.512. The Hall–Kier alpha value is -1.73. The zero-order chi connectivity index (χ0) is 22.8. The Morgan fingerprint density at radius 3 is 2.10 bits per heavy atom. The molecule has 1 aromatic rings. The molecule has 2 fully saturated rings. The summed E-state index contributed by atoms with van der Waals surface area (Å²) in [6, 6.07) is 4.23. The first-order chi connectivity index (χ1) is 14.4. The Balaban J connectivity index is 1.49. The summed E-state index contributed by atoms with van der Waals surface area (Å²) >= 11 is 0. The zero-order valence-corrected chi connectivity index (χ0v) is 18.2. The molecular formula is C19H27F3N4O4S. The maximum Gasteiger partial charge on any atom is 0.416 e. The number of hydrogen-bond acceptors (Lipinski definition) is 5. The first-order valence-corrected chi connectivity index (χ1v) is 11.4. The minimum atomic E-state index is -4.43. The van der Waals surface area contributed by atoms with Crippen molar-refractivity contribution in [1.82, 2.24) is 13.5 Å². The molecule has 31 heavy (non-hydrogen) atoms. The topological polar surface area (TPSA) is 82.2 Å². The van der Waals surface area contributed by atoms with E-state index >= 15 is 0 Å². The van der Waals surface area contributed by atoms with Crippen molar-refractivity contribution in [1.29, 1.82) is 0 Å². The third kappa shape index (κ3) is 6.16. The molecule has 0 saturated carbocycles. The van der Waals surface area contributed by atoms with Gasteiger partial charge in [-0.05, 0) is 38.1 Å². The van der Waals surface area contributed by atoms with Crippen molar-refractivity contribution in [2.75, 3.05) is 51.1 Å². The number of alkyl halides is 3. The van der Waals surface area contributed by atoms with E-state index in [1.165, 1.54) is 20.7 Å². The number of piperazine rings is 1. The van der Waals surface area contributed by atoms with Crippen LogP contribution in [0.2, 0.25) is 0 Å². The Bertz CT molecular complexity index is 861. The van der Waals surface area contributed by atoms with Crippen LogP contribution in [0, 0.1) is 0 Å². The van der Waals surface area contributed by atoms with Crippen molar-refractivity contribution in [2.45, 2.75) is 32.2 Å². The van der Waals surface area contributed by atoms with Gasteiger partial charge in [0.05, 0.1) is 24.3 Å². The van der Waals surface area contributed by atoms with Crippen LogP contribution in [-0.2, 0) is 25.9 Å². The van der Waals surface area contributed by atoms with E-state index in [0.29, 0.717) is 26.2 Å². The van der Waals surface area contributed by atoms with Gasteiger partial charge in [0.25, 0.3) is 10.2 Å². The number of nitrogens with one attached hydrogen (secondary N) is 1. The fourth-order valence-corrected chi connectivity index (χ4v) is 5.49. The van der Waals surface area contributed by atoms with Crippen molar-refractivity contribution in [3.8, 4) is 0 Å². The Morgan fingerprint density at radius 1 is 1.03 bits per heavy atom. The number of benzene rings is 1. The van der Waals surface area contributed by atoms with E-state index in [1.54, 1.807) is 0 Å². The highest BCUT2D eigenvalue weighted by atomic mass is 32.2. The molecule has 0 spiro atoms. The fourth-order valence-electron chi connectivity index (χ4n) is 3.75.